The molecule has 0 aliphatic carbocycles. The van der Waals surface area contributed by atoms with Gasteiger partial charge < -0.3 is 10.5 Å². The normalized spacial score (nSPS) is 34.4. The van der Waals surface area contributed by atoms with Crippen LogP contribution in [0.1, 0.15) is 31.9 Å². The summed E-state index contributed by atoms with van der Waals surface area (Å²) < 4.78 is 60.0. The molecular formula is C19H27F2N3O3S. The minimum Gasteiger partial charge on any atom is -0.370 e. The SMILES string of the molecule is CC(C)S(=O)(=O)N1CC2CN(C3COC(c4cc(F)ccc4F)C(N)C3)CC21. The first-order valence-electron chi connectivity index (χ1n) is 9.75. The van der Waals surface area contributed by atoms with Crippen LogP contribution in [0.4, 0.5) is 8.78 Å². The molecular weight excluding hydrogens is 388 g/mol. The van der Waals surface area contributed by atoms with Gasteiger partial charge in [0.1, 0.15) is 17.7 Å². The highest BCUT2D eigenvalue weighted by atomic mass is 32.2. The average molecular weight is 416 g/mol. The molecule has 3 saturated heterocycles. The lowest BCUT2D eigenvalue weighted by Crippen LogP contribution is -2.59. The number of ether oxygens (including phenoxy) is 1. The van der Waals surface area contributed by atoms with E-state index < -0.39 is 39.1 Å². The average Bonchev–Trinajstić information content (AvgIpc) is 2.93. The zero-order valence-electron chi connectivity index (χ0n) is 16.1. The van der Waals surface area contributed by atoms with E-state index in [0.29, 0.717) is 32.0 Å². The van der Waals surface area contributed by atoms with Gasteiger partial charge in [-0.2, -0.15) is 4.31 Å². The summed E-state index contributed by atoms with van der Waals surface area (Å²) in [4.78, 5) is 2.24. The predicted molar refractivity (Wildman–Crippen MR) is 101 cm³/mol. The van der Waals surface area contributed by atoms with Gasteiger partial charge in [-0.15, -0.1) is 0 Å². The second-order valence-electron chi connectivity index (χ2n) is 8.42. The van der Waals surface area contributed by atoms with Crippen LogP contribution >= 0.6 is 0 Å². The van der Waals surface area contributed by atoms with Gasteiger partial charge in [0.05, 0.1) is 11.9 Å². The molecule has 3 aliphatic rings. The highest BCUT2D eigenvalue weighted by Gasteiger charge is 2.52. The number of benzene rings is 1. The molecule has 0 spiro atoms. The summed E-state index contributed by atoms with van der Waals surface area (Å²) in [7, 11) is -3.24. The molecule has 28 heavy (non-hydrogen) atoms. The zero-order valence-corrected chi connectivity index (χ0v) is 16.9. The minimum atomic E-state index is -3.24. The standard InChI is InChI=1S/C19H27F2N3O3S/c1-11(2)28(25,26)24-8-12-7-23(9-18(12)24)14-6-17(22)19(27-10-14)15-5-13(20)3-4-16(15)21/h3-5,11-12,14,17-19H,6-10,22H2,1-2H3. The Labute approximate surface area is 164 Å². The summed E-state index contributed by atoms with van der Waals surface area (Å²) in [6.45, 7) is 5.82. The largest absolute Gasteiger partial charge is 0.370 e. The van der Waals surface area contributed by atoms with E-state index in [1.54, 1.807) is 18.2 Å². The van der Waals surface area contributed by atoms with Gasteiger partial charge in [0.15, 0.2) is 0 Å². The van der Waals surface area contributed by atoms with Crippen LogP contribution in [0.25, 0.3) is 0 Å². The van der Waals surface area contributed by atoms with Crippen LogP contribution in [0.2, 0.25) is 0 Å². The van der Waals surface area contributed by atoms with E-state index in [-0.39, 0.29) is 17.6 Å². The molecule has 4 rings (SSSR count). The molecule has 0 bridgehead atoms. The quantitative estimate of drug-likeness (QED) is 0.806. The van der Waals surface area contributed by atoms with Crippen LogP contribution in [0.5, 0.6) is 0 Å². The van der Waals surface area contributed by atoms with E-state index in [1.165, 1.54) is 0 Å². The summed E-state index contributed by atoms with van der Waals surface area (Å²) in [5.41, 5.74) is 6.42. The Morgan fingerprint density at radius 2 is 1.96 bits per heavy atom. The Morgan fingerprint density at radius 3 is 2.64 bits per heavy atom. The van der Waals surface area contributed by atoms with Gasteiger partial charge in [-0.1, -0.05) is 0 Å². The molecule has 1 aromatic rings. The van der Waals surface area contributed by atoms with Crippen molar-refractivity contribution in [2.75, 3.05) is 26.2 Å². The van der Waals surface area contributed by atoms with Crippen molar-refractivity contribution in [2.45, 2.75) is 49.7 Å². The number of sulfonamides is 1. The summed E-state index contributed by atoms with van der Waals surface area (Å²) in [6.07, 6.45) is -0.0825. The lowest BCUT2D eigenvalue weighted by Gasteiger charge is -2.43. The molecule has 1 aromatic carbocycles. The summed E-state index contributed by atoms with van der Waals surface area (Å²) in [6, 6.07) is 2.93. The molecule has 3 aliphatic heterocycles. The number of hydrogen-bond acceptors (Lipinski definition) is 5. The Morgan fingerprint density at radius 1 is 1.21 bits per heavy atom. The Hall–Kier alpha value is -1.13. The smallest absolute Gasteiger partial charge is 0.216 e. The molecule has 5 atom stereocenters. The summed E-state index contributed by atoms with van der Waals surface area (Å²) >= 11 is 0. The first kappa shape index (κ1) is 20.2. The number of halogens is 2. The lowest BCUT2D eigenvalue weighted by atomic mass is 9.93. The van der Waals surface area contributed by atoms with Crippen molar-refractivity contribution < 1.29 is 21.9 Å². The molecule has 6 nitrogen and oxygen atoms in total. The number of nitrogens with two attached hydrogens (primary N) is 1. The summed E-state index contributed by atoms with van der Waals surface area (Å²) in [5.74, 6) is -0.700. The first-order valence-corrected chi connectivity index (χ1v) is 11.3. The molecule has 0 saturated carbocycles. The maximum absolute atomic E-state index is 14.1. The molecule has 5 unspecified atom stereocenters. The van der Waals surface area contributed by atoms with Gasteiger partial charge in [-0.3, -0.25) is 4.90 Å². The van der Waals surface area contributed by atoms with Crippen molar-refractivity contribution in [3.05, 3.63) is 35.4 Å². The highest BCUT2D eigenvalue weighted by Crippen LogP contribution is 2.39. The second kappa shape index (κ2) is 7.28. The first-order chi connectivity index (χ1) is 13.2. The van der Waals surface area contributed by atoms with Crippen LogP contribution in [-0.2, 0) is 14.8 Å². The molecule has 0 radical (unpaired) electrons. The van der Waals surface area contributed by atoms with Gasteiger partial charge in [0.25, 0.3) is 0 Å². The van der Waals surface area contributed by atoms with Crippen LogP contribution in [0, 0.1) is 17.6 Å². The molecule has 0 amide bonds. The van der Waals surface area contributed by atoms with E-state index in [0.717, 1.165) is 24.7 Å². The van der Waals surface area contributed by atoms with Crippen molar-refractivity contribution in [1.29, 1.82) is 0 Å². The van der Waals surface area contributed by atoms with Gasteiger partial charge in [-0.05, 0) is 38.5 Å². The molecule has 9 heteroatoms. The fraction of sp³-hybridized carbons (Fsp3) is 0.684. The Balaban J connectivity index is 1.40. The number of nitrogens with zero attached hydrogens (tertiary/aromatic N) is 2. The number of likely N-dealkylation sites (tertiary alicyclic amines) is 1. The van der Waals surface area contributed by atoms with E-state index in [2.05, 4.69) is 4.90 Å². The second-order valence-corrected chi connectivity index (χ2v) is 10.9. The molecule has 3 fully saturated rings. The Kier molecular flexibility index (Phi) is 5.24. The number of rotatable bonds is 4. The molecule has 0 aromatic heterocycles. The Bertz CT molecular complexity index is 851. The van der Waals surface area contributed by atoms with E-state index in [4.69, 9.17) is 10.5 Å². The topological polar surface area (TPSA) is 75.9 Å². The fourth-order valence-electron chi connectivity index (χ4n) is 4.63. The number of hydrogen-bond donors (Lipinski definition) is 1. The van der Waals surface area contributed by atoms with Crippen molar-refractivity contribution in [1.82, 2.24) is 9.21 Å². The maximum Gasteiger partial charge on any atom is 0.216 e. The maximum atomic E-state index is 14.1. The van der Waals surface area contributed by atoms with Crippen molar-refractivity contribution in [2.24, 2.45) is 11.7 Å². The van der Waals surface area contributed by atoms with Crippen molar-refractivity contribution >= 4 is 10.0 Å². The zero-order chi connectivity index (χ0) is 20.2. The monoisotopic (exact) mass is 415 g/mol. The van der Waals surface area contributed by atoms with Gasteiger partial charge in [0, 0.05) is 49.2 Å². The number of fused-ring (bicyclic) bond motifs is 1. The third kappa shape index (κ3) is 3.37. The van der Waals surface area contributed by atoms with E-state index >= 15 is 0 Å². The van der Waals surface area contributed by atoms with Crippen LogP contribution in [-0.4, -0.2) is 67.2 Å². The third-order valence-corrected chi connectivity index (χ3v) is 8.59. The fourth-order valence-corrected chi connectivity index (χ4v) is 6.19. The lowest BCUT2D eigenvalue weighted by molar-refractivity contribution is -0.0474. The van der Waals surface area contributed by atoms with Crippen LogP contribution in [0.15, 0.2) is 18.2 Å². The highest BCUT2D eigenvalue weighted by molar-refractivity contribution is 7.89. The van der Waals surface area contributed by atoms with Gasteiger partial charge >= 0.3 is 0 Å². The molecule has 156 valence electrons. The van der Waals surface area contributed by atoms with Gasteiger partial charge in [-0.25, -0.2) is 17.2 Å². The van der Waals surface area contributed by atoms with Crippen molar-refractivity contribution in [3.63, 3.8) is 0 Å². The molecule has 2 N–H and O–H groups in total. The third-order valence-electron chi connectivity index (χ3n) is 6.32. The van der Waals surface area contributed by atoms with E-state index in [1.807, 2.05) is 0 Å². The molecule has 3 heterocycles. The van der Waals surface area contributed by atoms with Crippen LogP contribution in [0.3, 0.4) is 0 Å². The minimum absolute atomic E-state index is 0.0158. The van der Waals surface area contributed by atoms with Crippen molar-refractivity contribution in [3.8, 4) is 0 Å². The predicted octanol–water partition coefficient (Wildman–Crippen LogP) is 1.48. The van der Waals surface area contributed by atoms with Gasteiger partial charge in [0.2, 0.25) is 10.0 Å². The summed E-state index contributed by atoms with van der Waals surface area (Å²) in [5, 5.41) is -0.421. The van der Waals surface area contributed by atoms with E-state index in [9.17, 15) is 17.2 Å². The van der Waals surface area contributed by atoms with Crippen LogP contribution < -0.4 is 5.73 Å².